The Kier molecular flexibility index (Phi) is 7.36. The second-order valence-corrected chi connectivity index (χ2v) is 12.7. The van der Waals surface area contributed by atoms with Crippen LogP contribution in [0, 0.1) is 52.3 Å². The molecule has 0 aromatic rings. The summed E-state index contributed by atoms with van der Waals surface area (Å²) in [5.41, 5.74) is -0.0228. The van der Waals surface area contributed by atoms with Crippen LogP contribution in [0.3, 0.4) is 0 Å². The zero-order valence-corrected chi connectivity index (χ0v) is 20.5. The smallest absolute Gasteiger partial charge is 0.0602 e. The first kappa shape index (κ1) is 24.9. The van der Waals surface area contributed by atoms with Crippen LogP contribution in [-0.2, 0) is 0 Å². The van der Waals surface area contributed by atoms with E-state index in [0.717, 1.165) is 64.2 Å². The van der Waals surface area contributed by atoms with E-state index >= 15 is 0 Å². The fourth-order valence-corrected chi connectivity index (χ4v) is 9.30. The van der Waals surface area contributed by atoms with Gasteiger partial charge in [0.15, 0.2) is 0 Å². The maximum Gasteiger partial charge on any atom is 0.0602 e. The first-order valence-electron chi connectivity index (χ1n) is 13.4. The average molecular weight is 453 g/mol. The van der Waals surface area contributed by atoms with Crippen molar-refractivity contribution < 1.29 is 25.5 Å². The third-order valence-electron chi connectivity index (χ3n) is 11.3. The van der Waals surface area contributed by atoms with Gasteiger partial charge in [0, 0.05) is 19.1 Å². The monoisotopic (exact) mass is 452 g/mol. The van der Waals surface area contributed by atoms with Crippen LogP contribution in [0.2, 0.25) is 0 Å². The highest BCUT2D eigenvalue weighted by molar-refractivity contribution is 5.14. The molecule has 5 nitrogen and oxygen atoms in total. The van der Waals surface area contributed by atoms with Crippen LogP contribution >= 0.6 is 0 Å². The zero-order chi connectivity index (χ0) is 23.3. The van der Waals surface area contributed by atoms with Crippen molar-refractivity contribution in [3.8, 4) is 0 Å². The minimum Gasteiger partial charge on any atom is -0.396 e. The molecule has 0 heterocycles. The highest BCUT2D eigenvalue weighted by Gasteiger charge is 2.65. The summed E-state index contributed by atoms with van der Waals surface area (Å²) in [5.74, 6) is 2.27. The van der Waals surface area contributed by atoms with Crippen LogP contribution in [-0.4, -0.2) is 57.1 Å². The van der Waals surface area contributed by atoms with Gasteiger partial charge in [0.05, 0.1) is 18.3 Å². The Balaban J connectivity index is 1.50. The normalized spacial score (nSPS) is 49.4. The molecule has 0 radical (unpaired) electrons. The molecular weight excluding hydrogens is 404 g/mol. The van der Waals surface area contributed by atoms with E-state index < -0.39 is 0 Å². The summed E-state index contributed by atoms with van der Waals surface area (Å²) in [4.78, 5) is 0. The molecule has 11 atom stereocenters. The lowest BCUT2D eigenvalue weighted by Gasteiger charge is -2.63. The summed E-state index contributed by atoms with van der Waals surface area (Å²) >= 11 is 0. The highest BCUT2D eigenvalue weighted by Crippen LogP contribution is 2.68. The first-order valence-corrected chi connectivity index (χ1v) is 13.4. The Morgan fingerprint density at radius 2 is 1.59 bits per heavy atom. The Labute approximate surface area is 194 Å². The molecule has 0 aromatic heterocycles. The van der Waals surface area contributed by atoms with E-state index in [1.807, 2.05) is 0 Å². The van der Waals surface area contributed by atoms with E-state index in [9.17, 15) is 25.5 Å². The summed E-state index contributed by atoms with van der Waals surface area (Å²) in [6.45, 7) is 7.11. The van der Waals surface area contributed by atoms with Crippen LogP contribution in [0.25, 0.3) is 0 Å². The lowest BCUT2D eigenvalue weighted by atomic mass is 9.43. The predicted octanol–water partition coefficient (Wildman–Crippen LogP) is 3.36. The molecule has 186 valence electrons. The third kappa shape index (κ3) is 3.98. The Bertz CT molecular complexity index is 638. The van der Waals surface area contributed by atoms with Crippen molar-refractivity contribution in [1.29, 1.82) is 0 Å². The number of hydrogen-bond acceptors (Lipinski definition) is 5. The van der Waals surface area contributed by atoms with Crippen LogP contribution in [0.5, 0.6) is 0 Å². The van der Waals surface area contributed by atoms with Crippen molar-refractivity contribution in [3.63, 3.8) is 0 Å². The fourth-order valence-electron chi connectivity index (χ4n) is 9.30. The SMILES string of the molecule is C[C@H](CCCC(CO)CO)[C@H]1CC[C@H]2[C@H]3[C@H](O)CC4C[C@H](O)CC[C@]4(C)[C@H]3C[C@H](O)[C@@]12C. The number of hydrogen-bond donors (Lipinski definition) is 5. The molecule has 4 fully saturated rings. The van der Waals surface area contributed by atoms with Gasteiger partial charge < -0.3 is 25.5 Å². The Morgan fingerprint density at radius 3 is 2.28 bits per heavy atom. The fraction of sp³-hybridized carbons (Fsp3) is 1.00. The minimum atomic E-state index is -0.332. The van der Waals surface area contributed by atoms with Crippen LogP contribution in [0.15, 0.2) is 0 Å². The molecule has 4 rings (SSSR count). The van der Waals surface area contributed by atoms with E-state index in [4.69, 9.17) is 0 Å². The van der Waals surface area contributed by atoms with E-state index in [0.29, 0.717) is 29.6 Å². The summed E-state index contributed by atoms with van der Waals surface area (Å²) in [6.07, 6.45) is 8.51. The quantitative estimate of drug-likeness (QED) is 0.408. The number of fused-ring (bicyclic) bond motifs is 5. The van der Waals surface area contributed by atoms with Gasteiger partial charge in [0.1, 0.15) is 0 Å². The highest BCUT2D eigenvalue weighted by atomic mass is 16.3. The van der Waals surface area contributed by atoms with Gasteiger partial charge in [-0.2, -0.15) is 0 Å². The molecular formula is C27H48O5. The molecule has 4 saturated carbocycles. The van der Waals surface area contributed by atoms with Crippen molar-refractivity contribution >= 4 is 0 Å². The molecule has 0 amide bonds. The van der Waals surface area contributed by atoms with Gasteiger partial charge in [-0.15, -0.1) is 0 Å². The van der Waals surface area contributed by atoms with Crippen LogP contribution in [0.4, 0.5) is 0 Å². The van der Waals surface area contributed by atoms with Gasteiger partial charge in [0.2, 0.25) is 0 Å². The summed E-state index contributed by atoms with van der Waals surface area (Å²) < 4.78 is 0. The van der Waals surface area contributed by atoms with E-state index in [2.05, 4.69) is 20.8 Å². The minimum absolute atomic E-state index is 0.0183. The van der Waals surface area contributed by atoms with Crippen molar-refractivity contribution in [2.45, 2.75) is 103 Å². The van der Waals surface area contributed by atoms with E-state index in [1.165, 1.54) is 0 Å². The van der Waals surface area contributed by atoms with Crippen molar-refractivity contribution in [2.24, 2.45) is 52.3 Å². The number of rotatable bonds is 7. The molecule has 5 N–H and O–H groups in total. The van der Waals surface area contributed by atoms with Gasteiger partial charge in [-0.1, -0.05) is 33.6 Å². The summed E-state index contributed by atoms with van der Waals surface area (Å²) in [5, 5.41) is 52.0. The average Bonchev–Trinajstić information content (AvgIpc) is 3.12. The maximum atomic E-state index is 11.6. The predicted molar refractivity (Wildman–Crippen MR) is 125 cm³/mol. The molecule has 0 saturated heterocycles. The standard InChI is InChI=1S/C27H48O5/c1-16(5-4-6-17(14-28)15-29)20-7-8-21-25-22(13-24(32)27(20,21)3)26(2)10-9-19(30)11-18(26)12-23(25)31/h16-25,28-32H,4-15H2,1-3H3/t16-,18?,19-,20-,21+,22+,23-,24+,25-,26+,27+/m1/s1. The second-order valence-electron chi connectivity index (χ2n) is 12.7. The molecule has 4 aliphatic rings. The maximum absolute atomic E-state index is 11.6. The first-order chi connectivity index (χ1) is 15.2. The third-order valence-corrected chi connectivity index (χ3v) is 11.3. The van der Waals surface area contributed by atoms with Gasteiger partial charge >= 0.3 is 0 Å². The largest absolute Gasteiger partial charge is 0.396 e. The topological polar surface area (TPSA) is 101 Å². The Morgan fingerprint density at radius 1 is 0.875 bits per heavy atom. The molecule has 0 bridgehead atoms. The van der Waals surface area contributed by atoms with E-state index in [1.54, 1.807) is 0 Å². The lowest BCUT2D eigenvalue weighted by Crippen LogP contribution is -2.62. The summed E-state index contributed by atoms with van der Waals surface area (Å²) in [6, 6.07) is 0. The van der Waals surface area contributed by atoms with Crippen molar-refractivity contribution in [2.75, 3.05) is 13.2 Å². The Hall–Kier alpha value is -0.200. The molecule has 0 aromatic carbocycles. The van der Waals surface area contributed by atoms with Gasteiger partial charge in [-0.25, -0.2) is 0 Å². The van der Waals surface area contributed by atoms with Crippen LogP contribution < -0.4 is 0 Å². The van der Waals surface area contributed by atoms with Gasteiger partial charge in [-0.3, -0.25) is 0 Å². The second kappa shape index (κ2) is 9.45. The number of aliphatic hydroxyl groups is 5. The zero-order valence-electron chi connectivity index (χ0n) is 20.5. The molecule has 5 heteroatoms. The molecule has 1 unspecified atom stereocenters. The molecule has 4 aliphatic carbocycles. The van der Waals surface area contributed by atoms with Crippen LogP contribution in [0.1, 0.15) is 85.0 Å². The van der Waals surface area contributed by atoms with Gasteiger partial charge in [-0.05, 0) is 97.7 Å². The number of aliphatic hydroxyl groups excluding tert-OH is 5. The molecule has 32 heavy (non-hydrogen) atoms. The molecule has 0 aliphatic heterocycles. The summed E-state index contributed by atoms with van der Waals surface area (Å²) in [7, 11) is 0. The van der Waals surface area contributed by atoms with Crippen molar-refractivity contribution in [1.82, 2.24) is 0 Å². The molecule has 0 spiro atoms. The van der Waals surface area contributed by atoms with Crippen molar-refractivity contribution in [3.05, 3.63) is 0 Å². The van der Waals surface area contributed by atoms with E-state index in [-0.39, 0.29) is 54.2 Å². The lowest BCUT2D eigenvalue weighted by molar-refractivity contribution is -0.207. The van der Waals surface area contributed by atoms with Gasteiger partial charge in [0.25, 0.3) is 0 Å².